The van der Waals surface area contributed by atoms with Gasteiger partial charge in [0.1, 0.15) is 0 Å². The van der Waals surface area contributed by atoms with E-state index >= 15 is 0 Å². The summed E-state index contributed by atoms with van der Waals surface area (Å²) >= 11 is 3.45. The Morgan fingerprint density at radius 1 is 1.47 bits per heavy atom. The molecule has 3 heteroatoms. The van der Waals surface area contributed by atoms with Crippen LogP contribution in [0, 0.1) is 6.92 Å². The van der Waals surface area contributed by atoms with Gasteiger partial charge in [-0.1, -0.05) is 22.0 Å². The number of aliphatic hydroxyl groups excluding tert-OH is 1. The van der Waals surface area contributed by atoms with Crippen LogP contribution in [-0.4, -0.2) is 17.8 Å². The maximum Gasteiger partial charge on any atom is 0.0445 e. The topological polar surface area (TPSA) is 32.3 Å². The van der Waals surface area contributed by atoms with Crippen LogP contribution in [0.4, 0.5) is 0 Å². The van der Waals surface area contributed by atoms with Gasteiger partial charge in [0, 0.05) is 23.7 Å². The van der Waals surface area contributed by atoms with Gasteiger partial charge in [0.05, 0.1) is 0 Å². The second kappa shape index (κ2) is 6.26. The third kappa shape index (κ3) is 4.33. The first-order chi connectivity index (χ1) is 7.13. The SMILES string of the molecule is Cc1cc(Br)ccc1CNC(C)CCO. The number of hydrogen-bond donors (Lipinski definition) is 2. The Kier molecular flexibility index (Phi) is 5.29. The molecule has 1 aromatic rings. The van der Waals surface area contributed by atoms with Gasteiger partial charge >= 0.3 is 0 Å². The molecule has 1 aromatic carbocycles. The fourth-order valence-electron chi connectivity index (χ4n) is 1.44. The molecule has 0 aliphatic heterocycles. The highest BCUT2D eigenvalue weighted by Crippen LogP contribution is 2.15. The molecule has 15 heavy (non-hydrogen) atoms. The zero-order chi connectivity index (χ0) is 11.3. The number of halogens is 1. The molecule has 0 aromatic heterocycles. The van der Waals surface area contributed by atoms with Gasteiger partial charge in [-0.15, -0.1) is 0 Å². The normalized spacial score (nSPS) is 12.8. The summed E-state index contributed by atoms with van der Waals surface area (Å²) in [5.74, 6) is 0. The van der Waals surface area contributed by atoms with Crippen molar-refractivity contribution in [3.05, 3.63) is 33.8 Å². The number of nitrogens with one attached hydrogen (secondary N) is 1. The second-order valence-corrected chi connectivity index (χ2v) is 4.78. The molecule has 1 atom stereocenters. The zero-order valence-electron chi connectivity index (χ0n) is 9.26. The minimum Gasteiger partial charge on any atom is -0.396 e. The second-order valence-electron chi connectivity index (χ2n) is 3.87. The Hall–Kier alpha value is -0.380. The van der Waals surface area contributed by atoms with E-state index in [2.05, 4.69) is 53.3 Å². The molecule has 1 unspecified atom stereocenters. The maximum absolute atomic E-state index is 8.78. The van der Waals surface area contributed by atoms with Crippen molar-refractivity contribution in [3.8, 4) is 0 Å². The average Bonchev–Trinajstić information content (AvgIpc) is 2.17. The van der Waals surface area contributed by atoms with Crippen LogP contribution in [0.25, 0.3) is 0 Å². The predicted molar refractivity (Wildman–Crippen MR) is 66.9 cm³/mol. The van der Waals surface area contributed by atoms with E-state index in [1.807, 2.05) is 0 Å². The largest absolute Gasteiger partial charge is 0.396 e. The predicted octanol–water partition coefficient (Wildman–Crippen LogP) is 2.62. The summed E-state index contributed by atoms with van der Waals surface area (Å²) in [7, 11) is 0. The van der Waals surface area contributed by atoms with Crippen molar-refractivity contribution in [2.75, 3.05) is 6.61 Å². The van der Waals surface area contributed by atoms with Crippen molar-refractivity contribution in [2.24, 2.45) is 0 Å². The summed E-state index contributed by atoms with van der Waals surface area (Å²) in [6, 6.07) is 6.66. The van der Waals surface area contributed by atoms with Gasteiger partial charge in [-0.05, 0) is 43.5 Å². The van der Waals surface area contributed by atoms with Gasteiger partial charge in [-0.2, -0.15) is 0 Å². The molecule has 84 valence electrons. The molecule has 0 saturated carbocycles. The van der Waals surface area contributed by atoms with E-state index in [1.54, 1.807) is 0 Å². The molecule has 0 aliphatic carbocycles. The van der Waals surface area contributed by atoms with Crippen molar-refractivity contribution in [1.29, 1.82) is 0 Å². The Labute approximate surface area is 99.8 Å². The van der Waals surface area contributed by atoms with Crippen molar-refractivity contribution in [1.82, 2.24) is 5.32 Å². The molecule has 0 spiro atoms. The highest BCUT2D eigenvalue weighted by atomic mass is 79.9. The van der Waals surface area contributed by atoms with Gasteiger partial charge in [0.15, 0.2) is 0 Å². The van der Waals surface area contributed by atoms with Crippen LogP contribution >= 0.6 is 15.9 Å². The van der Waals surface area contributed by atoms with Gasteiger partial charge in [0.2, 0.25) is 0 Å². The Balaban J connectivity index is 2.50. The number of aliphatic hydroxyl groups is 1. The van der Waals surface area contributed by atoms with E-state index in [-0.39, 0.29) is 6.61 Å². The maximum atomic E-state index is 8.78. The monoisotopic (exact) mass is 271 g/mol. The summed E-state index contributed by atoms with van der Waals surface area (Å²) in [6.45, 7) is 5.30. The molecule has 0 bridgehead atoms. The van der Waals surface area contributed by atoms with Crippen LogP contribution in [0.2, 0.25) is 0 Å². The average molecular weight is 272 g/mol. The standard InChI is InChI=1S/C12H18BrNO/c1-9-7-12(13)4-3-11(9)8-14-10(2)5-6-15/h3-4,7,10,14-15H,5-6,8H2,1-2H3. The smallest absolute Gasteiger partial charge is 0.0445 e. The molecule has 0 aliphatic rings. The fraction of sp³-hybridized carbons (Fsp3) is 0.500. The van der Waals surface area contributed by atoms with Crippen LogP contribution in [0.3, 0.4) is 0 Å². The van der Waals surface area contributed by atoms with Crippen molar-refractivity contribution in [3.63, 3.8) is 0 Å². The van der Waals surface area contributed by atoms with Crippen molar-refractivity contribution in [2.45, 2.75) is 32.9 Å². The van der Waals surface area contributed by atoms with E-state index < -0.39 is 0 Å². The lowest BCUT2D eigenvalue weighted by molar-refractivity contribution is 0.268. The quantitative estimate of drug-likeness (QED) is 0.863. The third-order valence-corrected chi connectivity index (χ3v) is 3.00. The molecule has 0 saturated heterocycles. The van der Waals surface area contributed by atoms with Gasteiger partial charge in [-0.3, -0.25) is 0 Å². The summed E-state index contributed by atoms with van der Waals surface area (Å²) < 4.78 is 1.12. The molecular formula is C12H18BrNO. The third-order valence-electron chi connectivity index (χ3n) is 2.51. The molecule has 2 N–H and O–H groups in total. The highest BCUT2D eigenvalue weighted by Gasteiger charge is 2.02. The first kappa shape index (κ1) is 12.7. The Bertz CT molecular complexity index is 314. The number of hydrogen-bond acceptors (Lipinski definition) is 2. The van der Waals surface area contributed by atoms with Crippen LogP contribution in [0.15, 0.2) is 22.7 Å². The lowest BCUT2D eigenvalue weighted by atomic mass is 10.1. The number of benzene rings is 1. The molecule has 0 radical (unpaired) electrons. The molecule has 1 rings (SSSR count). The van der Waals surface area contributed by atoms with Crippen LogP contribution in [-0.2, 0) is 6.54 Å². The zero-order valence-corrected chi connectivity index (χ0v) is 10.8. The van der Waals surface area contributed by atoms with Gasteiger partial charge < -0.3 is 10.4 Å². The van der Waals surface area contributed by atoms with Crippen LogP contribution in [0.1, 0.15) is 24.5 Å². The molecular weight excluding hydrogens is 254 g/mol. The first-order valence-corrected chi connectivity index (χ1v) is 6.02. The van der Waals surface area contributed by atoms with Crippen LogP contribution in [0.5, 0.6) is 0 Å². The summed E-state index contributed by atoms with van der Waals surface area (Å²) in [5, 5.41) is 12.2. The summed E-state index contributed by atoms with van der Waals surface area (Å²) in [5.41, 5.74) is 2.59. The lowest BCUT2D eigenvalue weighted by Gasteiger charge is -2.13. The minimum atomic E-state index is 0.244. The summed E-state index contributed by atoms with van der Waals surface area (Å²) in [4.78, 5) is 0. The number of aryl methyl sites for hydroxylation is 1. The van der Waals surface area contributed by atoms with E-state index in [4.69, 9.17) is 5.11 Å². The van der Waals surface area contributed by atoms with Crippen molar-refractivity contribution < 1.29 is 5.11 Å². The molecule has 0 heterocycles. The van der Waals surface area contributed by atoms with E-state index in [1.165, 1.54) is 11.1 Å². The fourth-order valence-corrected chi connectivity index (χ4v) is 1.91. The van der Waals surface area contributed by atoms with E-state index in [0.717, 1.165) is 17.4 Å². The highest BCUT2D eigenvalue weighted by molar-refractivity contribution is 9.10. The Morgan fingerprint density at radius 2 is 2.20 bits per heavy atom. The van der Waals surface area contributed by atoms with Gasteiger partial charge in [0.25, 0.3) is 0 Å². The first-order valence-electron chi connectivity index (χ1n) is 5.22. The molecule has 0 amide bonds. The lowest BCUT2D eigenvalue weighted by Crippen LogP contribution is -2.26. The van der Waals surface area contributed by atoms with Crippen LogP contribution < -0.4 is 5.32 Å². The Morgan fingerprint density at radius 3 is 2.80 bits per heavy atom. The molecule has 2 nitrogen and oxygen atoms in total. The summed E-state index contributed by atoms with van der Waals surface area (Å²) in [6.07, 6.45) is 0.801. The van der Waals surface area contributed by atoms with E-state index in [0.29, 0.717) is 6.04 Å². The molecule has 0 fully saturated rings. The van der Waals surface area contributed by atoms with E-state index in [9.17, 15) is 0 Å². The van der Waals surface area contributed by atoms with Crippen molar-refractivity contribution >= 4 is 15.9 Å². The minimum absolute atomic E-state index is 0.244. The number of rotatable bonds is 5. The van der Waals surface area contributed by atoms with Gasteiger partial charge in [-0.25, -0.2) is 0 Å².